The van der Waals surface area contributed by atoms with Crippen LogP contribution in [0.25, 0.3) is 0 Å². The second-order valence-electron chi connectivity index (χ2n) is 7.75. The molecule has 166 valence electrons. The molecule has 2 aromatic rings. The van der Waals surface area contributed by atoms with Crippen LogP contribution in [0.2, 0.25) is 0 Å². The summed E-state index contributed by atoms with van der Waals surface area (Å²) < 4.78 is 0. The van der Waals surface area contributed by atoms with Crippen LogP contribution in [0.3, 0.4) is 0 Å². The summed E-state index contributed by atoms with van der Waals surface area (Å²) in [4.78, 5) is 38.8. The smallest absolute Gasteiger partial charge is 0.273 e. The lowest BCUT2D eigenvalue weighted by Crippen LogP contribution is -2.51. The Kier molecular flexibility index (Phi) is 8.73. The predicted octanol–water partition coefficient (Wildman–Crippen LogP) is 4.17. The molecule has 0 aliphatic heterocycles. The average Bonchev–Trinajstić information content (AvgIpc) is 2.74. The number of carbonyl (C=O) groups excluding carboxylic acids is 2. The number of carbonyl (C=O) groups is 2. The molecule has 31 heavy (non-hydrogen) atoms. The fraction of sp³-hybridized carbons (Fsp3) is 0.417. The van der Waals surface area contributed by atoms with Gasteiger partial charge >= 0.3 is 0 Å². The first-order valence-corrected chi connectivity index (χ1v) is 10.6. The van der Waals surface area contributed by atoms with E-state index in [1.54, 1.807) is 23.1 Å². The van der Waals surface area contributed by atoms with Crippen molar-refractivity contribution in [2.75, 3.05) is 0 Å². The minimum atomic E-state index is -0.663. The molecule has 0 aliphatic carbocycles. The quantitative estimate of drug-likeness (QED) is 0.457. The average molecular weight is 426 g/mol. The van der Waals surface area contributed by atoms with Gasteiger partial charge in [0.1, 0.15) is 6.04 Å². The number of nitro groups is 1. The van der Waals surface area contributed by atoms with Crippen LogP contribution in [0.4, 0.5) is 5.69 Å². The predicted molar refractivity (Wildman–Crippen MR) is 121 cm³/mol. The van der Waals surface area contributed by atoms with Crippen molar-refractivity contribution >= 4 is 17.5 Å². The number of aryl methyl sites for hydroxylation is 1. The van der Waals surface area contributed by atoms with Crippen molar-refractivity contribution in [3.8, 4) is 0 Å². The molecule has 2 unspecified atom stereocenters. The van der Waals surface area contributed by atoms with Crippen molar-refractivity contribution in [3.63, 3.8) is 0 Å². The third-order valence-corrected chi connectivity index (χ3v) is 5.52. The van der Waals surface area contributed by atoms with Crippen LogP contribution in [0.5, 0.6) is 0 Å². The number of nitrogens with zero attached hydrogens (tertiary/aromatic N) is 2. The van der Waals surface area contributed by atoms with Gasteiger partial charge < -0.3 is 10.2 Å². The summed E-state index contributed by atoms with van der Waals surface area (Å²) in [6, 6.07) is 13.3. The van der Waals surface area contributed by atoms with Crippen LogP contribution in [0, 0.1) is 17.0 Å². The van der Waals surface area contributed by atoms with Gasteiger partial charge in [-0.05, 0) is 37.8 Å². The zero-order valence-electron chi connectivity index (χ0n) is 18.6. The number of hydrogen-bond donors (Lipinski definition) is 1. The Morgan fingerprint density at radius 2 is 1.65 bits per heavy atom. The van der Waals surface area contributed by atoms with Crippen molar-refractivity contribution in [1.82, 2.24) is 10.2 Å². The Bertz CT molecular complexity index is 929. The van der Waals surface area contributed by atoms with E-state index in [4.69, 9.17) is 0 Å². The van der Waals surface area contributed by atoms with E-state index in [-0.39, 0.29) is 36.5 Å². The van der Waals surface area contributed by atoms with Gasteiger partial charge in [0, 0.05) is 24.2 Å². The molecule has 0 fully saturated rings. The van der Waals surface area contributed by atoms with E-state index < -0.39 is 11.0 Å². The van der Waals surface area contributed by atoms with E-state index in [0.29, 0.717) is 12.0 Å². The van der Waals surface area contributed by atoms with Crippen molar-refractivity contribution in [2.24, 2.45) is 0 Å². The Morgan fingerprint density at radius 3 is 2.23 bits per heavy atom. The lowest BCUT2D eigenvalue weighted by atomic mass is 10.0. The molecule has 0 aliphatic rings. The van der Waals surface area contributed by atoms with E-state index in [1.165, 1.54) is 6.07 Å². The van der Waals surface area contributed by atoms with E-state index >= 15 is 0 Å². The van der Waals surface area contributed by atoms with Crippen LogP contribution in [0.15, 0.2) is 48.5 Å². The Labute approximate surface area is 183 Å². The van der Waals surface area contributed by atoms with E-state index in [2.05, 4.69) is 5.32 Å². The summed E-state index contributed by atoms with van der Waals surface area (Å²) in [6.45, 7) is 7.99. The second kappa shape index (κ2) is 11.2. The first kappa shape index (κ1) is 24.1. The molecule has 0 spiro atoms. The van der Waals surface area contributed by atoms with E-state index in [1.807, 2.05) is 52.0 Å². The summed E-state index contributed by atoms with van der Waals surface area (Å²) in [5.74, 6) is -0.523. The van der Waals surface area contributed by atoms with Gasteiger partial charge in [-0.1, -0.05) is 56.3 Å². The first-order chi connectivity index (χ1) is 14.8. The molecule has 2 rings (SSSR count). The normalized spacial score (nSPS) is 12.6. The molecule has 0 saturated carbocycles. The number of amides is 2. The summed E-state index contributed by atoms with van der Waals surface area (Å²) >= 11 is 0. The van der Waals surface area contributed by atoms with Gasteiger partial charge in [0.15, 0.2) is 0 Å². The molecule has 1 N–H and O–H groups in total. The zero-order valence-corrected chi connectivity index (χ0v) is 18.6. The highest BCUT2D eigenvalue weighted by molar-refractivity contribution is 5.89. The zero-order chi connectivity index (χ0) is 23.0. The maximum absolute atomic E-state index is 13.4. The minimum Gasteiger partial charge on any atom is -0.352 e. The fourth-order valence-electron chi connectivity index (χ4n) is 3.43. The van der Waals surface area contributed by atoms with E-state index in [9.17, 15) is 19.7 Å². The van der Waals surface area contributed by atoms with Crippen LogP contribution in [0.1, 0.15) is 50.3 Å². The highest BCUT2D eigenvalue weighted by Crippen LogP contribution is 2.22. The molecule has 0 bridgehead atoms. The largest absolute Gasteiger partial charge is 0.352 e. The van der Waals surface area contributed by atoms with Gasteiger partial charge in [0.25, 0.3) is 5.69 Å². The third kappa shape index (κ3) is 6.38. The summed E-state index contributed by atoms with van der Waals surface area (Å²) in [6.07, 6.45) is 1.08. The van der Waals surface area contributed by atoms with Gasteiger partial charge in [-0.15, -0.1) is 0 Å². The summed E-state index contributed by atoms with van der Waals surface area (Å²) in [7, 11) is 0. The van der Waals surface area contributed by atoms with Crippen molar-refractivity contribution in [3.05, 3.63) is 75.3 Å². The fourth-order valence-corrected chi connectivity index (χ4v) is 3.43. The maximum atomic E-state index is 13.4. The number of nitrogens with one attached hydrogen (secondary N) is 1. The van der Waals surface area contributed by atoms with Crippen LogP contribution in [-0.4, -0.2) is 33.7 Å². The molecule has 0 radical (unpaired) electrons. The summed E-state index contributed by atoms with van der Waals surface area (Å²) in [5, 5.41) is 14.3. The van der Waals surface area contributed by atoms with Crippen molar-refractivity contribution in [1.29, 1.82) is 0 Å². The number of hydrogen-bond acceptors (Lipinski definition) is 4. The van der Waals surface area contributed by atoms with Gasteiger partial charge in [0.2, 0.25) is 11.8 Å². The van der Waals surface area contributed by atoms with Gasteiger partial charge in [0.05, 0.1) is 11.3 Å². The number of rotatable bonds is 10. The Morgan fingerprint density at radius 1 is 1.03 bits per heavy atom. The molecule has 0 heterocycles. The van der Waals surface area contributed by atoms with Crippen LogP contribution < -0.4 is 5.32 Å². The van der Waals surface area contributed by atoms with E-state index in [0.717, 1.165) is 17.5 Å². The van der Waals surface area contributed by atoms with Gasteiger partial charge in [-0.3, -0.25) is 19.7 Å². The minimum absolute atomic E-state index is 0.00725. The monoisotopic (exact) mass is 425 g/mol. The third-order valence-electron chi connectivity index (χ3n) is 5.52. The highest BCUT2D eigenvalue weighted by atomic mass is 16.6. The summed E-state index contributed by atoms with van der Waals surface area (Å²) in [5.41, 5.74) is 2.20. The maximum Gasteiger partial charge on any atom is 0.273 e. The standard InChI is InChI=1S/C24H31N3O4/c1-5-18(4)25-24(29)21(6-2)26(16-20-13-8-7-11-17(20)3)23(28)15-19-12-9-10-14-22(19)27(30)31/h7-14,18,21H,5-6,15-16H2,1-4H3,(H,25,29). The number of para-hydroxylation sites is 1. The van der Waals surface area contributed by atoms with Gasteiger partial charge in [-0.25, -0.2) is 0 Å². The first-order valence-electron chi connectivity index (χ1n) is 10.6. The molecule has 0 saturated heterocycles. The molecule has 2 atom stereocenters. The molecule has 2 aromatic carbocycles. The second-order valence-corrected chi connectivity index (χ2v) is 7.75. The lowest BCUT2D eigenvalue weighted by Gasteiger charge is -2.32. The topological polar surface area (TPSA) is 92.6 Å². The number of benzene rings is 2. The Balaban J connectivity index is 2.38. The highest BCUT2D eigenvalue weighted by Gasteiger charge is 2.30. The molecule has 7 heteroatoms. The lowest BCUT2D eigenvalue weighted by molar-refractivity contribution is -0.385. The van der Waals surface area contributed by atoms with Crippen LogP contribution in [-0.2, 0) is 22.6 Å². The molecular weight excluding hydrogens is 394 g/mol. The number of nitro benzene ring substituents is 1. The SMILES string of the molecule is CCC(C)NC(=O)C(CC)N(Cc1ccccc1C)C(=O)Cc1ccccc1[N+](=O)[O-]. The van der Waals surface area contributed by atoms with Crippen LogP contribution >= 0.6 is 0 Å². The molecule has 2 amide bonds. The van der Waals surface area contributed by atoms with Crippen molar-refractivity contribution < 1.29 is 14.5 Å². The molecule has 0 aromatic heterocycles. The molecule has 7 nitrogen and oxygen atoms in total. The van der Waals surface area contributed by atoms with Gasteiger partial charge in [-0.2, -0.15) is 0 Å². The molecular formula is C24H31N3O4. The Hall–Kier alpha value is -3.22. The van der Waals surface area contributed by atoms with Crippen molar-refractivity contribution in [2.45, 2.75) is 65.6 Å².